The number of ether oxygens (including phenoxy) is 2. The van der Waals surface area contributed by atoms with Crippen molar-refractivity contribution in [2.75, 3.05) is 14.2 Å². The van der Waals surface area contributed by atoms with Gasteiger partial charge in [0.2, 0.25) is 0 Å². The van der Waals surface area contributed by atoms with Gasteiger partial charge < -0.3 is 14.8 Å². The van der Waals surface area contributed by atoms with Gasteiger partial charge in [-0.2, -0.15) is 0 Å². The Kier molecular flexibility index (Phi) is 4.29. The van der Waals surface area contributed by atoms with E-state index >= 15 is 0 Å². The van der Waals surface area contributed by atoms with Crippen LogP contribution in [0.5, 0.6) is 11.5 Å². The van der Waals surface area contributed by atoms with E-state index in [9.17, 15) is 4.79 Å². The van der Waals surface area contributed by atoms with Crippen LogP contribution in [0.2, 0.25) is 0 Å². The Morgan fingerprint density at radius 3 is 2.58 bits per heavy atom. The van der Waals surface area contributed by atoms with Crippen molar-refractivity contribution in [2.45, 2.75) is 6.92 Å². The van der Waals surface area contributed by atoms with E-state index in [4.69, 9.17) is 9.47 Å². The highest BCUT2D eigenvalue weighted by Gasteiger charge is 2.22. The van der Waals surface area contributed by atoms with E-state index in [1.54, 1.807) is 38.6 Å². The van der Waals surface area contributed by atoms with Crippen LogP contribution in [-0.4, -0.2) is 30.9 Å². The number of pyridine rings is 1. The average Bonchev–Trinajstić information content (AvgIpc) is 2.97. The lowest BCUT2D eigenvalue weighted by Gasteiger charge is -2.10. The SMILES string of the molecule is COc1cc(/C=C2/N=C(c3ccccn3)NC2=O)c(OC)cc1C. The van der Waals surface area contributed by atoms with Gasteiger partial charge in [0.15, 0.2) is 5.84 Å². The minimum atomic E-state index is -0.280. The number of aliphatic imine (C=N–C) groups is 1. The molecule has 0 bridgehead atoms. The first-order chi connectivity index (χ1) is 11.6. The Labute approximate surface area is 139 Å². The number of amidine groups is 1. The smallest absolute Gasteiger partial charge is 0.275 e. The van der Waals surface area contributed by atoms with Gasteiger partial charge in [-0.25, -0.2) is 4.99 Å². The Hall–Kier alpha value is -3.15. The molecule has 0 fully saturated rings. The van der Waals surface area contributed by atoms with Crippen LogP contribution in [0.25, 0.3) is 6.08 Å². The van der Waals surface area contributed by atoms with Gasteiger partial charge in [-0.15, -0.1) is 0 Å². The summed E-state index contributed by atoms with van der Waals surface area (Å²) in [7, 11) is 3.19. The highest BCUT2D eigenvalue weighted by molar-refractivity contribution is 6.19. The second-order valence-corrected chi connectivity index (χ2v) is 5.22. The van der Waals surface area contributed by atoms with Crippen LogP contribution in [0.4, 0.5) is 0 Å². The van der Waals surface area contributed by atoms with Crippen molar-refractivity contribution in [1.29, 1.82) is 0 Å². The first kappa shape index (κ1) is 15.7. The summed E-state index contributed by atoms with van der Waals surface area (Å²) in [5.74, 6) is 1.52. The molecule has 1 aromatic carbocycles. The van der Waals surface area contributed by atoms with Gasteiger partial charge in [0, 0.05) is 11.8 Å². The summed E-state index contributed by atoms with van der Waals surface area (Å²) in [6.45, 7) is 1.93. The fourth-order valence-electron chi connectivity index (χ4n) is 2.43. The molecule has 1 aromatic heterocycles. The lowest BCUT2D eigenvalue weighted by molar-refractivity contribution is -0.115. The van der Waals surface area contributed by atoms with Gasteiger partial charge in [0.25, 0.3) is 5.91 Å². The van der Waals surface area contributed by atoms with Crippen LogP contribution in [-0.2, 0) is 4.79 Å². The second kappa shape index (κ2) is 6.54. The zero-order valence-electron chi connectivity index (χ0n) is 13.7. The summed E-state index contributed by atoms with van der Waals surface area (Å²) in [5.41, 5.74) is 2.57. The van der Waals surface area contributed by atoms with E-state index in [0.29, 0.717) is 23.0 Å². The minimum absolute atomic E-state index is 0.280. The van der Waals surface area contributed by atoms with E-state index in [1.165, 1.54) is 0 Å². The van der Waals surface area contributed by atoms with Crippen LogP contribution in [0.1, 0.15) is 16.8 Å². The largest absolute Gasteiger partial charge is 0.496 e. The van der Waals surface area contributed by atoms with Crippen LogP contribution < -0.4 is 14.8 Å². The zero-order valence-corrected chi connectivity index (χ0v) is 13.7. The number of aromatic nitrogens is 1. The number of amides is 1. The molecule has 122 valence electrons. The third-order valence-corrected chi connectivity index (χ3v) is 3.64. The molecule has 1 amide bonds. The quantitative estimate of drug-likeness (QED) is 0.877. The van der Waals surface area contributed by atoms with Gasteiger partial charge in [0.05, 0.1) is 14.2 Å². The number of nitrogens with zero attached hydrogens (tertiary/aromatic N) is 2. The molecule has 0 atom stereocenters. The molecule has 2 heterocycles. The number of nitrogens with one attached hydrogen (secondary N) is 1. The molecule has 0 unspecified atom stereocenters. The molecule has 0 saturated carbocycles. The summed E-state index contributed by atoms with van der Waals surface area (Å²) < 4.78 is 10.7. The maximum Gasteiger partial charge on any atom is 0.275 e. The number of hydrogen-bond donors (Lipinski definition) is 1. The van der Waals surface area contributed by atoms with Crippen LogP contribution in [0.3, 0.4) is 0 Å². The first-order valence-electron chi connectivity index (χ1n) is 7.38. The van der Waals surface area contributed by atoms with Gasteiger partial charge in [-0.3, -0.25) is 9.78 Å². The first-order valence-corrected chi connectivity index (χ1v) is 7.38. The van der Waals surface area contributed by atoms with Crippen molar-refractivity contribution >= 4 is 17.8 Å². The fourth-order valence-corrected chi connectivity index (χ4v) is 2.43. The summed E-state index contributed by atoms with van der Waals surface area (Å²) in [6.07, 6.45) is 3.33. The normalized spacial score (nSPS) is 15.2. The fraction of sp³-hybridized carbons (Fsp3) is 0.167. The topological polar surface area (TPSA) is 72.8 Å². The highest BCUT2D eigenvalue weighted by Crippen LogP contribution is 2.30. The molecule has 0 aliphatic carbocycles. The molecule has 0 spiro atoms. The summed E-state index contributed by atoms with van der Waals surface area (Å²) in [5, 5.41) is 2.73. The number of aryl methyl sites for hydroxylation is 1. The van der Waals surface area contributed by atoms with E-state index in [2.05, 4.69) is 15.3 Å². The maximum absolute atomic E-state index is 12.2. The number of methoxy groups -OCH3 is 2. The standard InChI is InChI=1S/C18H17N3O3/c1-11-8-16(24-3)12(10-15(11)23-2)9-14-18(22)21-17(20-14)13-6-4-5-7-19-13/h4-10H,1-3H3,(H,20,21,22)/b14-9+. The second-order valence-electron chi connectivity index (χ2n) is 5.22. The van der Waals surface area contributed by atoms with Crippen molar-refractivity contribution < 1.29 is 14.3 Å². The molecule has 1 aliphatic rings. The molecule has 0 saturated heterocycles. The zero-order chi connectivity index (χ0) is 17.1. The summed E-state index contributed by atoms with van der Waals surface area (Å²) in [4.78, 5) is 20.7. The Bertz CT molecular complexity index is 842. The molecule has 1 N–H and O–H groups in total. The minimum Gasteiger partial charge on any atom is -0.496 e. The molecule has 1 aliphatic heterocycles. The monoisotopic (exact) mass is 323 g/mol. The predicted molar refractivity (Wildman–Crippen MR) is 91.2 cm³/mol. The molecule has 3 rings (SSSR count). The molecule has 6 nitrogen and oxygen atoms in total. The average molecular weight is 323 g/mol. The predicted octanol–water partition coefficient (Wildman–Crippen LogP) is 2.32. The Morgan fingerprint density at radius 1 is 1.12 bits per heavy atom. The van der Waals surface area contributed by atoms with E-state index < -0.39 is 0 Å². The lowest BCUT2D eigenvalue weighted by atomic mass is 10.1. The van der Waals surface area contributed by atoms with Crippen molar-refractivity contribution in [1.82, 2.24) is 10.3 Å². The van der Waals surface area contributed by atoms with Crippen molar-refractivity contribution in [3.63, 3.8) is 0 Å². The van der Waals surface area contributed by atoms with Gasteiger partial charge in [0.1, 0.15) is 22.9 Å². The van der Waals surface area contributed by atoms with Crippen molar-refractivity contribution in [2.24, 2.45) is 4.99 Å². The van der Waals surface area contributed by atoms with E-state index in [0.717, 1.165) is 16.9 Å². The highest BCUT2D eigenvalue weighted by atomic mass is 16.5. The van der Waals surface area contributed by atoms with Gasteiger partial charge in [-0.1, -0.05) is 6.07 Å². The van der Waals surface area contributed by atoms with E-state index in [1.807, 2.05) is 25.1 Å². The molecular weight excluding hydrogens is 306 g/mol. The van der Waals surface area contributed by atoms with Gasteiger partial charge in [-0.05, 0) is 42.8 Å². The molecule has 2 aromatic rings. The third-order valence-electron chi connectivity index (χ3n) is 3.64. The maximum atomic E-state index is 12.2. The molecule has 6 heteroatoms. The number of benzene rings is 1. The molecule has 0 radical (unpaired) electrons. The summed E-state index contributed by atoms with van der Waals surface area (Å²) >= 11 is 0. The number of carbonyl (C=O) groups is 1. The summed E-state index contributed by atoms with van der Waals surface area (Å²) in [6, 6.07) is 9.12. The molecule has 24 heavy (non-hydrogen) atoms. The van der Waals surface area contributed by atoms with E-state index in [-0.39, 0.29) is 5.91 Å². The molecular formula is C18H17N3O3. The van der Waals surface area contributed by atoms with Crippen LogP contribution in [0, 0.1) is 6.92 Å². The van der Waals surface area contributed by atoms with Crippen molar-refractivity contribution in [3.05, 3.63) is 59.0 Å². The Morgan fingerprint density at radius 2 is 1.92 bits per heavy atom. The van der Waals surface area contributed by atoms with Crippen LogP contribution >= 0.6 is 0 Å². The number of carbonyl (C=O) groups excluding carboxylic acids is 1. The van der Waals surface area contributed by atoms with Crippen molar-refractivity contribution in [3.8, 4) is 11.5 Å². The Balaban J connectivity index is 2.02. The number of hydrogen-bond acceptors (Lipinski definition) is 5. The third kappa shape index (κ3) is 2.99. The number of rotatable bonds is 4. The van der Waals surface area contributed by atoms with Gasteiger partial charge >= 0.3 is 0 Å². The lowest BCUT2D eigenvalue weighted by Crippen LogP contribution is -2.25. The van der Waals surface area contributed by atoms with Crippen LogP contribution in [0.15, 0.2) is 47.2 Å².